The van der Waals surface area contributed by atoms with E-state index in [1.807, 2.05) is 19.1 Å². The summed E-state index contributed by atoms with van der Waals surface area (Å²) < 4.78 is 5.73. The second kappa shape index (κ2) is 4.87. The topological polar surface area (TPSA) is 35.2 Å². The van der Waals surface area contributed by atoms with Crippen molar-refractivity contribution in [3.8, 4) is 16.9 Å². The van der Waals surface area contributed by atoms with Crippen LogP contribution < -0.4 is 10.5 Å². The van der Waals surface area contributed by atoms with Gasteiger partial charge in [-0.3, -0.25) is 0 Å². The Hall–Kier alpha value is -1.51. The van der Waals surface area contributed by atoms with Gasteiger partial charge < -0.3 is 10.5 Å². The Kier molecular flexibility index (Phi) is 3.21. The molecule has 2 aromatic rings. The van der Waals surface area contributed by atoms with Gasteiger partial charge in [0.25, 0.3) is 0 Å². The van der Waals surface area contributed by atoms with Crippen molar-refractivity contribution < 1.29 is 4.74 Å². The third-order valence-corrected chi connectivity index (χ3v) is 3.84. The molecule has 2 nitrogen and oxygen atoms in total. The van der Waals surface area contributed by atoms with E-state index >= 15 is 0 Å². The molecule has 0 aromatic heterocycles. The van der Waals surface area contributed by atoms with Crippen LogP contribution in [0.15, 0.2) is 36.4 Å². The fourth-order valence-corrected chi connectivity index (χ4v) is 2.86. The molecular weight excluding hydrogens is 258 g/mol. The number of hydrogen-bond acceptors (Lipinski definition) is 2. The molecular formula is C16H16ClNO. The van der Waals surface area contributed by atoms with E-state index in [4.69, 9.17) is 22.1 Å². The van der Waals surface area contributed by atoms with E-state index in [0.717, 1.165) is 35.5 Å². The minimum atomic E-state index is -0.0562. The molecule has 2 N–H and O–H groups in total. The maximum absolute atomic E-state index is 6.30. The van der Waals surface area contributed by atoms with E-state index < -0.39 is 0 Å². The monoisotopic (exact) mass is 273 g/mol. The molecule has 0 bridgehead atoms. The minimum Gasteiger partial charge on any atom is -0.492 e. The summed E-state index contributed by atoms with van der Waals surface area (Å²) in [5.41, 5.74) is 10.3. The molecule has 0 saturated heterocycles. The Bertz CT molecular complexity index is 622. The summed E-state index contributed by atoms with van der Waals surface area (Å²) in [6.45, 7) is 2.70. The summed E-state index contributed by atoms with van der Waals surface area (Å²) in [7, 11) is 0. The number of halogens is 1. The van der Waals surface area contributed by atoms with E-state index in [9.17, 15) is 0 Å². The number of hydrogen-bond donors (Lipinski definition) is 1. The van der Waals surface area contributed by atoms with Crippen LogP contribution in [0.25, 0.3) is 11.1 Å². The number of nitrogens with two attached hydrogens (primary N) is 1. The van der Waals surface area contributed by atoms with E-state index in [1.54, 1.807) is 0 Å². The van der Waals surface area contributed by atoms with E-state index in [0.29, 0.717) is 5.02 Å². The van der Waals surface area contributed by atoms with Crippen molar-refractivity contribution in [2.24, 2.45) is 5.73 Å². The van der Waals surface area contributed by atoms with E-state index in [1.165, 1.54) is 5.56 Å². The molecule has 1 heterocycles. The normalized spacial score (nSPS) is 14.9. The highest BCUT2D eigenvalue weighted by atomic mass is 35.5. The summed E-state index contributed by atoms with van der Waals surface area (Å²) in [4.78, 5) is 0. The highest BCUT2D eigenvalue weighted by molar-refractivity contribution is 6.31. The predicted octanol–water partition coefficient (Wildman–Crippen LogP) is 3.96. The lowest BCUT2D eigenvalue weighted by Gasteiger charge is -2.12. The molecule has 0 radical (unpaired) electrons. The maximum atomic E-state index is 6.30. The first-order valence-corrected chi connectivity index (χ1v) is 6.84. The smallest absolute Gasteiger partial charge is 0.130 e. The van der Waals surface area contributed by atoms with Gasteiger partial charge in [-0.25, -0.2) is 0 Å². The van der Waals surface area contributed by atoms with Crippen molar-refractivity contribution in [3.63, 3.8) is 0 Å². The Morgan fingerprint density at radius 3 is 2.84 bits per heavy atom. The molecule has 1 aliphatic rings. The Balaban J connectivity index is 2.08. The minimum absolute atomic E-state index is 0.0562. The highest BCUT2D eigenvalue weighted by Crippen LogP contribution is 2.38. The largest absolute Gasteiger partial charge is 0.492 e. The van der Waals surface area contributed by atoms with Gasteiger partial charge in [0.15, 0.2) is 0 Å². The first kappa shape index (κ1) is 12.5. The maximum Gasteiger partial charge on any atom is 0.130 e. The van der Waals surface area contributed by atoms with Crippen LogP contribution >= 0.6 is 11.6 Å². The predicted molar refractivity (Wildman–Crippen MR) is 78.7 cm³/mol. The van der Waals surface area contributed by atoms with Crippen molar-refractivity contribution in [2.45, 2.75) is 19.4 Å². The summed E-state index contributed by atoms with van der Waals surface area (Å²) in [5.74, 6) is 0.993. The summed E-state index contributed by atoms with van der Waals surface area (Å²) in [6.07, 6.45) is 0.981. The lowest BCUT2D eigenvalue weighted by Crippen LogP contribution is -2.05. The zero-order chi connectivity index (χ0) is 13.4. The first-order valence-electron chi connectivity index (χ1n) is 6.47. The van der Waals surface area contributed by atoms with Crippen LogP contribution in [0.2, 0.25) is 5.02 Å². The summed E-state index contributed by atoms with van der Waals surface area (Å²) in [6, 6.07) is 12.2. The zero-order valence-corrected chi connectivity index (χ0v) is 11.6. The van der Waals surface area contributed by atoms with E-state index in [-0.39, 0.29) is 6.04 Å². The van der Waals surface area contributed by atoms with Gasteiger partial charge in [0, 0.05) is 23.0 Å². The zero-order valence-electron chi connectivity index (χ0n) is 10.8. The molecule has 2 aromatic carbocycles. The Morgan fingerprint density at radius 2 is 2.11 bits per heavy atom. The van der Waals surface area contributed by atoms with Crippen molar-refractivity contribution in [2.75, 3.05) is 6.61 Å². The second-order valence-electron chi connectivity index (χ2n) is 4.92. The molecule has 1 aliphatic heterocycles. The molecule has 0 amide bonds. The van der Waals surface area contributed by atoms with Crippen LogP contribution in [-0.4, -0.2) is 6.61 Å². The van der Waals surface area contributed by atoms with Gasteiger partial charge in [0.2, 0.25) is 0 Å². The Morgan fingerprint density at radius 1 is 1.26 bits per heavy atom. The fourth-order valence-electron chi connectivity index (χ4n) is 2.51. The van der Waals surface area contributed by atoms with Crippen LogP contribution in [0.4, 0.5) is 0 Å². The van der Waals surface area contributed by atoms with Gasteiger partial charge >= 0.3 is 0 Å². The van der Waals surface area contributed by atoms with Crippen molar-refractivity contribution in [3.05, 3.63) is 52.5 Å². The van der Waals surface area contributed by atoms with Crippen molar-refractivity contribution in [1.82, 2.24) is 0 Å². The van der Waals surface area contributed by atoms with Gasteiger partial charge in [0.05, 0.1) is 6.61 Å². The summed E-state index contributed by atoms with van der Waals surface area (Å²) >= 11 is 6.30. The van der Waals surface area contributed by atoms with Gasteiger partial charge in [-0.15, -0.1) is 0 Å². The number of fused-ring (bicyclic) bond motifs is 1. The van der Waals surface area contributed by atoms with Gasteiger partial charge in [-0.05, 0) is 29.7 Å². The third-order valence-electron chi connectivity index (χ3n) is 3.52. The van der Waals surface area contributed by atoms with Crippen LogP contribution in [0.3, 0.4) is 0 Å². The average molecular weight is 274 g/mol. The quantitative estimate of drug-likeness (QED) is 0.899. The van der Waals surface area contributed by atoms with Gasteiger partial charge in [-0.1, -0.05) is 41.9 Å². The molecule has 3 rings (SSSR count). The molecule has 0 spiro atoms. The average Bonchev–Trinajstić information content (AvgIpc) is 2.86. The lowest BCUT2D eigenvalue weighted by molar-refractivity contribution is 0.358. The molecule has 1 atom stereocenters. The fraction of sp³-hybridized carbons (Fsp3) is 0.250. The number of para-hydroxylation sites is 1. The molecule has 0 saturated carbocycles. The molecule has 0 fully saturated rings. The highest BCUT2D eigenvalue weighted by Gasteiger charge is 2.17. The number of benzene rings is 2. The molecule has 98 valence electrons. The standard InChI is InChI=1S/C16H16ClNO/c1-10(18)13-6-5-12(9-15(13)17)14-4-2-3-11-7-8-19-16(11)14/h2-6,9-10H,7-8,18H2,1H3. The molecule has 1 unspecified atom stereocenters. The molecule has 0 aliphatic carbocycles. The van der Waals surface area contributed by atoms with Crippen molar-refractivity contribution >= 4 is 11.6 Å². The van der Waals surface area contributed by atoms with Crippen LogP contribution in [0.1, 0.15) is 24.1 Å². The van der Waals surface area contributed by atoms with Crippen LogP contribution in [0.5, 0.6) is 5.75 Å². The molecule has 3 heteroatoms. The lowest BCUT2D eigenvalue weighted by atomic mass is 9.99. The molecule has 19 heavy (non-hydrogen) atoms. The number of ether oxygens (including phenoxy) is 1. The van der Waals surface area contributed by atoms with Crippen LogP contribution in [0, 0.1) is 0 Å². The van der Waals surface area contributed by atoms with Crippen molar-refractivity contribution in [1.29, 1.82) is 0 Å². The number of rotatable bonds is 2. The third kappa shape index (κ3) is 2.22. The first-order chi connectivity index (χ1) is 9.16. The summed E-state index contributed by atoms with van der Waals surface area (Å²) in [5, 5.41) is 0.711. The second-order valence-corrected chi connectivity index (χ2v) is 5.32. The van der Waals surface area contributed by atoms with Crippen LogP contribution in [-0.2, 0) is 6.42 Å². The van der Waals surface area contributed by atoms with Gasteiger partial charge in [0.1, 0.15) is 5.75 Å². The van der Waals surface area contributed by atoms with Gasteiger partial charge in [-0.2, -0.15) is 0 Å². The Labute approximate surface area is 118 Å². The van der Waals surface area contributed by atoms with E-state index in [2.05, 4.69) is 24.3 Å². The SMILES string of the molecule is CC(N)c1ccc(-c2cccc3c2OCC3)cc1Cl.